The first kappa shape index (κ1) is 15.3. The van der Waals surface area contributed by atoms with Crippen LogP contribution in [-0.2, 0) is 0 Å². The molecule has 0 N–H and O–H groups in total. The molecule has 1 aromatic carbocycles. The van der Waals surface area contributed by atoms with E-state index in [4.69, 9.17) is 11.6 Å². The molecule has 2 heterocycles. The van der Waals surface area contributed by atoms with Gasteiger partial charge in [-0.1, -0.05) is 23.7 Å². The fourth-order valence-electron chi connectivity index (χ4n) is 3.42. The Balaban J connectivity index is 1.61. The lowest BCUT2D eigenvalue weighted by atomic mass is 10.1. The quantitative estimate of drug-likeness (QED) is 0.783. The largest absolute Gasteiger partial charge is 0.318 e. The number of nitriles is 1. The van der Waals surface area contributed by atoms with Crippen molar-refractivity contribution in [2.45, 2.75) is 31.7 Å². The smallest absolute Gasteiger partial charge is 0.257 e. The molecule has 116 valence electrons. The standard InChI is InChI=1S/C17H20ClN3O/c18-14-7-5-6-13-15(12-19)21(17(22)16(13)14)11-4-3-10-20-8-1-2-9-20/h5-7,15H,1-4,8-11H2. The summed E-state index contributed by atoms with van der Waals surface area (Å²) < 4.78 is 0. The van der Waals surface area contributed by atoms with Gasteiger partial charge in [-0.3, -0.25) is 4.79 Å². The lowest BCUT2D eigenvalue weighted by Gasteiger charge is -2.21. The first-order valence-electron chi connectivity index (χ1n) is 7.93. The third kappa shape index (κ3) is 2.84. The summed E-state index contributed by atoms with van der Waals surface area (Å²) in [6.07, 6.45) is 4.59. The molecular weight excluding hydrogens is 298 g/mol. The van der Waals surface area contributed by atoms with E-state index in [0.29, 0.717) is 17.1 Å². The van der Waals surface area contributed by atoms with E-state index in [1.807, 2.05) is 6.07 Å². The second-order valence-corrected chi connectivity index (χ2v) is 6.40. The van der Waals surface area contributed by atoms with Crippen molar-refractivity contribution in [1.29, 1.82) is 5.26 Å². The molecule has 3 rings (SSSR count). The Bertz CT molecular complexity index is 604. The molecular formula is C17H20ClN3O. The minimum atomic E-state index is -0.493. The van der Waals surface area contributed by atoms with Crippen LogP contribution in [0.5, 0.6) is 0 Å². The lowest BCUT2D eigenvalue weighted by Crippen LogP contribution is -2.29. The van der Waals surface area contributed by atoms with Gasteiger partial charge in [0, 0.05) is 12.1 Å². The Hall–Kier alpha value is -1.57. The van der Waals surface area contributed by atoms with Gasteiger partial charge in [0.15, 0.2) is 0 Å². The van der Waals surface area contributed by atoms with Crippen LogP contribution < -0.4 is 0 Å². The van der Waals surface area contributed by atoms with Gasteiger partial charge in [-0.05, 0) is 51.4 Å². The molecule has 0 bridgehead atoms. The summed E-state index contributed by atoms with van der Waals surface area (Å²) in [5, 5.41) is 9.87. The maximum Gasteiger partial charge on any atom is 0.257 e. The Morgan fingerprint density at radius 1 is 1.23 bits per heavy atom. The Morgan fingerprint density at radius 3 is 2.68 bits per heavy atom. The van der Waals surface area contributed by atoms with Gasteiger partial charge in [-0.25, -0.2) is 0 Å². The zero-order valence-corrected chi connectivity index (χ0v) is 13.4. The molecule has 0 aromatic heterocycles. The molecule has 1 unspecified atom stereocenters. The number of fused-ring (bicyclic) bond motifs is 1. The second kappa shape index (κ2) is 6.68. The van der Waals surface area contributed by atoms with Crippen LogP contribution >= 0.6 is 11.6 Å². The van der Waals surface area contributed by atoms with Crippen LogP contribution in [0.2, 0.25) is 5.02 Å². The van der Waals surface area contributed by atoms with Crippen LogP contribution in [0, 0.1) is 11.3 Å². The van der Waals surface area contributed by atoms with Gasteiger partial charge in [0.25, 0.3) is 5.91 Å². The molecule has 22 heavy (non-hydrogen) atoms. The molecule has 0 aliphatic carbocycles. The highest BCUT2D eigenvalue weighted by atomic mass is 35.5. The summed E-state index contributed by atoms with van der Waals surface area (Å²) in [5.41, 5.74) is 1.26. The highest BCUT2D eigenvalue weighted by Gasteiger charge is 2.37. The zero-order valence-electron chi connectivity index (χ0n) is 12.6. The third-order valence-corrected chi connectivity index (χ3v) is 4.89. The minimum absolute atomic E-state index is 0.103. The topological polar surface area (TPSA) is 47.3 Å². The SMILES string of the molecule is N#CC1c2cccc(Cl)c2C(=O)N1CCCCN1CCCC1. The van der Waals surface area contributed by atoms with Crippen LogP contribution in [0.4, 0.5) is 0 Å². The molecule has 0 spiro atoms. The average Bonchev–Trinajstić information content (AvgIpc) is 3.11. The van der Waals surface area contributed by atoms with Crippen molar-refractivity contribution in [3.8, 4) is 6.07 Å². The first-order valence-corrected chi connectivity index (χ1v) is 8.31. The fraction of sp³-hybridized carbons (Fsp3) is 0.529. The van der Waals surface area contributed by atoms with Gasteiger partial charge >= 0.3 is 0 Å². The van der Waals surface area contributed by atoms with Gasteiger partial charge in [0.05, 0.1) is 16.7 Å². The van der Waals surface area contributed by atoms with Crippen LogP contribution in [0.3, 0.4) is 0 Å². The van der Waals surface area contributed by atoms with E-state index in [-0.39, 0.29) is 5.91 Å². The highest BCUT2D eigenvalue weighted by molar-refractivity contribution is 6.34. The van der Waals surface area contributed by atoms with Gasteiger partial charge in [0.1, 0.15) is 6.04 Å². The number of rotatable bonds is 5. The molecule has 0 saturated carbocycles. The van der Waals surface area contributed by atoms with E-state index in [2.05, 4.69) is 11.0 Å². The minimum Gasteiger partial charge on any atom is -0.318 e. The number of hydrogen-bond donors (Lipinski definition) is 0. The van der Waals surface area contributed by atoms with Crippen LogP contribution in [-0.4, -0.2) is 41.9 Å². The molecule has 5 heteroatoms. The van der Waals surface area contributed by atoms with Crippen LogP contribution in [0.15, 0.2) is 18.2 Å². The summed E-state index contributed by atoms with van der Waals surface area (Å²) in [7, 11) is 0. The van der Waals surface area contributed by atoms with Crippen molar-refractivity contribution in [2.75, 3.05) is 26.2 Å². The van der Waals surface area contributed by atoms with E-state index in [1.165, 1.54) is 25.9 Å². The molecule has 1 saturated heterocycles. The monoisotopic (exact) mass is 317 g/mol. The number of benzene rings is 1. The zero-order chi connectivity index (χ0) is 15.5. The summed E-state index contributed by atoms with van der Waals surface area (Å²) in [5.74, 6) is -0.103. The van der Waals surface area contributed by atoms with Gasteiger partial charge < -0.3 is 9.80 Å². The maximum atomic E-state index is 12.5. The predicted octanol–water partition coefficient (Wildman–Crippen LogP) is 3.24. The predicted molar refractivity (Wildman–Crippen MR) is 85.8 cm³/mol. The number of likely N-dealkylation sites (tertiary alicyclic amines) is 1. The van der Waals surface area contributed by atoms with E-state index in [9.17, 15) is 10.1 Å². The Morgan fingerprint density at radius 2 is 1.95 bits per heavy atom. The number of amides is 1. The second-order valence-electron chi connectivity index (χ2n) is 5.99. The van der Waals surface area contributed by atoms with E-state index >= 15 is 0 Å². The van der Waals surface area contributed by atoms with Gasteiger partial charge in [0.2, 0.25) is 0 Å². The van der Waals surface area contributed by atoms with Crippen molar-refractivity contribution in [2.24, 2.45) is 0 Å². The van der Waals surface area contributed by atoms with Crippen LogP contribution in [0.1, 0.15) is 47.6 Å². The first-order chi connectivity index (χ1) is 10.7. The van der Waals surface area contributed by atoms with E-state index < -0.39 is 6.04 Å². The maximum absolute atomic E-state index is 12.5. The van der Waals surface area contributed by atoms with Crippen LogP contribution in [0.25, 0.3) is 0 Å². The third-order valence-electron chi connectivity index (χ3n) is 4.57. The number of carbonyl (C=O) groups is 1. The summed E-state index contributed by atoms with van der Waals surface area (Å²) in [6.45, 7) is 4.11. The van der Waals surface area contributed by atoms with Gasteiger partial charge in [-0.15, -0.1) is 0 Å². The number of carbonyl (C=O) groups excluding carboxylic acids is 1. The molecule has 2 aliphatic rings. The molecule has 1 amide bonds. The van der Waals surface area contributed by atoms with Crippen molar-refractivity contribution in [3.05, 3.63) is 34.3 Å². The fourth-order valence-corrected chi connectivity index (χ4v) is 3.68. The molecule has 0 radical (unpaired) electrons. The van der Waals surface area contributed by atoms with Gasteiger partial charge in [-0.2, -0.15) is 5.26 Å². The molecule has 2 aliphatic heterocycles. The molecule has 1 atom stereocenters. The summed E-state index contributed by atoms with van der Waals surface area (Å²) >= 11 is 6.14. The molecule has 1 aromatic rings. The molecule has 1 fully saturated rings. The van der Waals surface area contributed by atoms with Crippen molar-refractivity contribution >= 4 is 17.5 Å². The average molecular weight is 318 g/mol. The Kier molecular flexibility index (Phi) is 4.66. The van der Waals surface area contributed by atoms with E-state index in [1.54, 1.807) is 17.0 Å². The van der Waals surface area contributed by atoms with Crippen molar-refractivity contribution < 1.29 is 4.79 Å². The highest BCUT2D eigenvalue weighted by Crippen LogP contribution is 2.37. The summed E-state index contributed by atoms with van der Waals surface area (Å²) in [6, 6.07) is 7.10. The molecule has 4 nitrogen and oxygen atoms in total. The number of nitrogens with zero attached hydrogens (tertiary/aromatic N) is 3. The van der Waals surface area contributed by atoms with Crippen molar-refractivity contribution in [3.63, 3.8) is 0 Å². The summed E-state index contributed by atoms with van der Waals surface area (Å²) in [4.78, 5) is 16.7. The van der Waals surface area contributed by atoms with E-state index in [0.717, 1.165) is 24.9 Å². The number of halogens is 1. The lowest BCUT2D eigenvalue weighted by molar-refractivity contribution is 0.0753. The normalized spacial score (nSPS) is 21.2. The number of unbranched alkanes of at least 4 members (excludes halogenated alkanes) is 1. The Labute approximate surface area is 136 Å². The number of hydrogen-bond acceptors (Lipinski definition) is 3. The van der Waals surface area contributed by atoms with Crippen molar-refractivity contribution in [1.82, 2.24) is 9.80 Å².